The van der Waals surface area contributed by atoms with E-state index < -0.39 is 24.2 Å². The summed E-state index contributed by atoms with van der Waals surface area (Å²) in [6.45, 7) is 4.86. The van der Waals surface area contributed by atoms with Crippen molar-refractivity contribution in [1.82, 2.24) is 35.1 Å². The Balaban J connectivity index is 1.30. The molecule has 11 nitrogen and oxygen atoms in total. The molecule has 1 saturated heterocycles. The first-order valence-electron chi connectivity index (χ1n) is 11.7. The van der Waals surface area contributed by atoms with Crippen LogP contribution in [-0.4, -0.2) is 71.4 Å². The number of piperazine rings is 1. The fourth-order valence-corrected chi connectivity index (χ4v) is 4.57. The summed E-state index contributed by atoms with van der Waals surface area (Å²) in [6, 6.07) is 8.43. The molecule has 0 spiro atoms. The Labute approximate surface area is 214 Å². The summed E-state index contributed by atoms with van der Waals surface area (Å²) >= 11 is 0. The molecular weight excluding hydrogens is 505 g/mol. The molecule has 1 aliphatic rings. The summed E-state index contributed by atoms with van der Waals surface area (Å²) in [4.78, 5) is 19.2. The van der Waals surface area contributed by atoms with Crippen molar-refractivity contribution in [1.29, 1.82) is 0 Å². The quantitative estimate of drug-likeness (QED) is 0.394. The van der Waals surface area contributed by atoms with Crippen molar-refractivity contribution < 1.29 is 27.5 Å². The van der Waals surface area contributed by atoms with Gasteiger partial charge in [0, 0.05) is 30.5 Å². The molecule has 0 aliphatic carbocycles. The van der Waals surface area contributed by atoms with E-state index in [1.54, 1.807) is 6.20 Å². The lowest BCUT2D eigenvalue weighted by atomic mass is 10.1. The molecule has 0 bridgehead atoms. The number of benzene rings is 1. The lowest BCUT2D eigenvalue weighted by Gasteiger charge is -2.44. The number of halogens is 3. The first-order valence-corrected chi connectivity index (χ1v) is 11.7. The largest absolute Gasteiger partial charge is 0.465 e. The number of carbonyl (C=O) groups is 1. The number of carboxylic acid groups (broad SMARTS) is 1. The maximum Gasteiger partial charge on any atom is 0.407 e. The zero-order valence-corrected chi connectivity index (χ0v) is 20.4. The molecule has 198 valence electrons. The van der Waals surface area contributed by atoms with E-state index in [9.17, 15) is 23.1 Å². The topological polar surface area (TPSA) is 126 Å². The molecule has 0 radical (unpaired) electrons. The fourth-order valence-electron chi connectivity index (χ4n) is 4.57. The number of rotatable bonds is 6. The highest BCUT2D eigenvalue weighted by Gasteiger charge is 2.33. The molecular formula is C24H23F3N8O3. The predicted octanol–water partition coefficient (Wildman–Crippen LogP) is 4.09. The number of anilines is 1. The van der Waals surface area contributed by atoms with Gasteiger partial charge in [0.1, 0.15) is 11.5 Å². The molecule has 38 heavy (non-hydrogen) atoms. The van der Waals surface area contributed by atoms with Crippen LogP contribution in [0.15, 0.2) is 47.1 Å². The van der Waals surface area contributed by atoms with Crippen molar-refractivity contribution in [3.63, 3.8) is 0 Å². The molecule has 1 aliphatic heterocycles. The Hall–Kier alpha value is -4.49. The minimum absolute atomic E-state index is 0.0168. The van der Waals surface area contributed by atoms with E-state index in [2.05, 4.69) is 30.4 Å². The molecule has 3 aromatic heterocycles. The lowest BCUT2D eigenvalue weighted by molar-refractivity contribution is 0.0982. The van der Waals surface area contributed by atoms with Gasteiger partial charge in [0.25, 0.3) is 5.89 Å². The third-order valence-corrected chi connectivity index (χ3v) is 6.29. The molecule has 14 heteroatoms. The summed E-state index contributed by atoms with van der Waals surface area (Å²) in [5.41, 5.74) is 2.44. The first-order chi connectivity index (χ1) is 18.2. The van der Waals surface area contributed by atoms with Crippen LogP contribution < -0.4 is 4.90 Å². The van der Waals surface area contributed by atoms with Crippen LogP contribution in [0.25, 0.3) is 22.7 Å². The fraction of sp³-hybridized carbons (Fsp3) is 0.333. The number of pyridine rings is 1. The maximum atomic E-state index is 14.7. The molecule has 1 fully saturated rings. The molecule has 0 unspecified atom stereocenters. The van der Waals surface area contributed by atoms with Crippen molar-refractivity contribution in [2.75, 3.05) is 18.0 Å². The van der Waals surface area contributed by atoms with Gasteiger partial charge >= 0.3 is 12.5 Å². The Morgan fingerprint density at radius 2 is 1.89 bits per heavy atom. The second-order valence-electron chi connectivity index (χ2n) is 9.04. The van der Waals surface area contributed by atoms with E-state index in [0.717, 1.165) is 17.3 Å². The Morgan fingerprint density at radius 1 is 1.13 bits per heavy atom. The van der Waals surface area contributed by atoms with Gasteiger partial charge in [0.05, 0.1) is 36.1 Å². The summed E-state index contributed by atoms with van der Waals surface area (Å²) in [5.74, 6) is -1.80. The van der Waals surface area contributed by atoms with E-state index in [1.165, 1.54) is 15.8 Å². The minimum atomic E-state index is -2.93. The lowest BCUT2D eigenvalue weighted by Crippen LogP contribution is -2.58. The van der Waals surface area contributed by atoms with E-state index >= 15 is 0 Å². The predicted molar refractivity (Wildman–Crippen MR) is 128 cm³/mol. The first kappa shape index (κ1) is 25.2. The van der Waals surface area contributed by atoms with Crippen LogP contribution >= 0.6 is 0 Å². The second kappa shape index (κ2) is 10.1. The van der Waals surface area contributed by atoms with Gasteiger partial charge in [-0.15, -0.1) is 15.3 Å². The van der Waals surface area contributed by atoms with Gasteiger partial charge in [-0.25, -0.2) is 13.9 Å². The zero-order chi connectivity index (χ0) is 27.0. The summed E-state index contributed by atoms with van der Waals surface area (Å²) in [6.07, 6.45) is -0.931. The van der Waals surface area contributed by atoms with Crippen LogP contribution in [0.5, 0.6) is 0 Å². The number of hydrogen-bond donors (Lipinski definition) is 1. The van der Waals surface area contributed by atoms with Crippen molar-refractivity contribution in [2.24, 2.45) is 0 Å². The van der Waals surface area contributed by atoms with E-state index in [-0.39, 0.29) is 35.8 Å². The third-order valence-electron chi connectivity index (χ3n) is 6.29. The highest BCUT2D eigenvalue weighted by Crippen LogP contribution is 2.28. The number of alkyl halides is 2. The molecule has 1 aromatic carbocycles. The van der Waals surface area contributed by atoms with Crippen LogP contribution in [-0.2, 0) is 6.54 Å². The van der Waals surface area contributed by atoms with Gasteiger partial charge < -0.3 is 14.4 Å². The molecule has 1 amide bonds. The Bertz CT molecular complexity index is 1450. The van der Waals surface area contributed by atoms with E-state index in [1.807, 2.05) is 38.1 Å². The van der Waals surface area contributed by atoms with Crippen molar-refractivity contribution in [3.05, 3.63) is 60.1 Å². The van der Waals surface area contributed by atoms with E-state index in [0.29, 0.717) is 18.8 Å². The average molecular weight is 528 g/mol. The normalized spacial score (nSPS) is 17.8. The third kappa shape index (κ3) is 5.01. The minimum Gasteiger partial charge on any atom is -0.465 e. The maximum absolute atomic E-state index is 14.7. The SMILES string of the molecule is C[C@@H]1CN(c2cccc(-c3cn(Cc4ncc(-c5nnc(C(F)F)o5)cc4F)nn3)c2)C[C@H](C)N1C(=O)O. The van der Waals surface area contributed by atoms with Crippen molar-refractivity contribution >= 4 is 11.8 Å². The smallest absolute Gasteiger partial charge is 0.407 e. The Morgan fingerprint density at radius 3 is 2.55 bits per heavy atom. The van der Waals surface area contributed by atoms with Gasteiger partial charge in [-0.2, -0.15) is 8.78 Å². The molecule has 4 heterocycles. The zero-order valence-electron chi connectivity index (χ0n) is 20.4. The summed E-state index contributed by atoms with van der Waals surface area (Å²) in [7, 11) is 0. The van der Waals surface area contributed by atoms with Crippen LogP contribution in [0.1, 0.15) is 31.9 Å². The van der Waals surface area contributed by atoms with Crippen LogP contribution in [0, 0.1) is 5.82 Å². The number of nitrogens with zero attached hydrogens (tertiary/aromatic N) is 8. The monoisotopic (exact) mass is 528 g/mol. The number of aromatic nitrogens is 6. The van der Waals surface area contributed by atoms with E-state index in [4.69, 9.17) is 4.42 Å². The van der Waals surface area contributed by atoms with Gasteiger partial charge in [-0.05, 0) is 32.0 Å². The van der Waals surface area contributed by atoms with Gasteiger partial charge in [0.15, 0.2) is 0 Å². The van der Waals surface area contributed by atoms with Crippen LogP contribution in [0.4, 0.5) is 23.7 Å². The number of hydrogen-bond acceptors (Lipinski definition) is 8. The van der Waals surface area contributed by atoms with Crippen LogP contribution in [0.3, 0.4) is 0 Å². The highest BCUT2D eigenvalue weighted by atomic mass is 19.3. The number of amides is 1. The Kier molecular flexibility index (Phi) is 6.70. The second-order valence-corrected chi connectivity index (χ2v) is 9.04. The molecule has 2 atom stereocenters. The van der Waals surface area contributed by atoms with Gasteiger partial charge in [0.2, 0.25) is 5.89 Å². The summed E-state index contributed by atoms with van der Waals surface area (Å²) < 4.78 is 46.3. The van der Waals surface area contributed by atoms with Gasteiger partial charge in [-0.1, -0.05) is 17.3 Å². The molecule has 4 aromatic rings. The summed E-state index contributed by atoms with van der Waals surface area (Å²) in [5, 5.41) is 24.5. The average Bonchev–Trinajstić information content (AvgIpc) is 3.55. The molecule has 0 saturated carbocycles. The molecule has 1 N–H and O–H groups in total. The van der Waals surface area contributed by atoms with Crippen molar-refractivity contribution in [3.8, 4) is 22.7 Å². The standard InChI is InChI=1S/C24H23F3N8O3/c1-13-9-33(10-14(2)35(13)24(36)37)17-5-3-4-15(6-17)19-11-34(32-29-19)12-20-18(25)7-16(8-28-20)22-30-31-23(38-22)21(26)27/h3-8,11,13-14,21H,9-10,12H2,1-2H3,(H,36,37)/t13-,14+. The van der Waals surface area contributed by atoms with Crippen molar-refractivity contribution in [2.45, 2.75) is 38.9 Å². The highest BCUT2D eigenvalue weighted by molar-refractivity contribution is 5.68. The molecule has 5 rings (SSSR count). The van der Waals surface area contributed by atoms with Crippen LogP contribution in [0.2, 0.25) is 0 Å². The van der Waals surface area contributed by atoms with Gasteiger partial charge in [-0.3, -0.25) is 9.88 Å².